The lowest BCUT2D eigenvalue weighted by molar-refractivity contribution is -0.137. The summed E-state index contributed by atoms with van der Waals surface area (Å²) in [4.78, 5) is 0. The third kappa shape index (κ3) is 5.78. The summed E-state index contributed by atoms with van der Waals surface area (Å²) < 4.78 is 37.0. The van der Waals surface area contributed by atoms with E-state index in [0.717, 1.165) is 42.2 Å². The van der Waals surface area contributed by atoms with Crippen LogP contribution in [0.1, 0.15) is 24.5 Å². The summed E-state index contributed by atoms with van der Waals surface area (Å²) in [5.41, 5.74) is 0.289. The van der Waals surface area contributed by atoms with E-state index in [0.29, 0.717) is 6.54 Å². The van der Waals surface area contributed by atoms with Crippen LogP contribution in [0.25, 0.3) is 0 Å². The zero-order valence-electron chi connectivity index (χ0n) is 10.4. The van der Waals surface area contributed by atoms with Gasteiger partial charge in [0.15, 0.2) is 0 Å². The van der Waals surface area contributed by atoms with Crippen LogP contribution in [0.2, 0.25) is 0 Å². The first-order valence-electron chi connectivity index (χ1n) is 5.98. The molecule has 1 N–H and O–H groups in total. The predicted molar refractivity (Wildman–Crippen MR) is 70.8 cm³/mol. The molecule has 0 saturated heterocycles. The average molecular weight is 277 g/mol. The predicted octanol–water partition coefficient (Wildman–Crippen LogP) is 3.94. The van der Waals surface area contributed by atoms with Gasteiger partial charge in [0.25, 0.3) is 0 Å². The van der Waals surface area contributed by atoms with E-state index < -0.39 is 11.7 Å². The van der Waals surface area contributed by atoms with E-state index in [2.05, 4.69) is 12.2 Å². The summed E-state index contributed by atoms with van der Waals surface area (Å²) in [7, 11) is 0. The normalized spacial score (nSPS) is 11.8. The lowest BCUT2D eigenvalue weighted by Gasteiger charge is -2.08. The highest BCUT2D eigenvalue weighted by atomic mass is 32.2. The van der Waals surface area contributed by atoms with Gasteiger partial charge in [-0.2, -0.15) is 24.9 Å². The molecule has 1 nitrogen and oxygen atoms in total. The molecule has 0 spiro atoms. The van der Waals surface area contributed by atoms with E-state index in [1.54, 1.807) is 0 Å². The maximum atomic E-state index is 12.3. The molecule has 0 unspecified atom stereocenters. The van der Waals surface area contributed by atoms with Crippen LogP contribution in [-0.2, 0) is 12.7 Å². The fourth-order valence-corrected chi connectivity index (χ4v) is 2.13. The largest absolute Gasteiger partial charge is 0.416 e. The second-order valence-electron chi connectivity index (χ2n) is 3.92. The minimum Gasteiger partial charge on any atom is -0.313 e. The molecule has 0 aromatic heterocycles. The zero-order chi connectivity index (χ0) is 13.4. The van der Waals surface area contributed by atoms with Crippen molar-refractivity contribution >= 4 is 11.8 Å². The summed E-state index contributed by atoms with van der Waals surface area (Å²) >= 11 is 1.89. The summed E-state index contributed by atoms with van der Waals surface area (Å²) in [6.07, 6.45) is -3.16. The topological polar surface area (TPSA) is 12.0 Å². The smallest absolute Gasteiger partial charge is 0.313 e. The number of nitrogens with one attached hydrogen (secondary N) is 1. The molecule has 0 radical (unpaired) electrons. The fraction of sp³-hybridized carbons (Fsp3) is 0.538. The van der Waals surface area contributed by atoms with Crippen molar-refractivity contribution in [3.8, 4) is 0 Å². The van der Waals surface area contributed by atoms with E-state index in [1.165, 1.54) is 12.1 Å². The second-order valence-corrected chi connectivity index (χ2v) is 5.32. The lowest BCUT2D eigenvalue weighted by Crippen LogP contribution is -2.15. The van der Waals surface area contributed by atoms with Gasteiger partial charge in [-0.15, -0.1) is 0 Å². The standard InChI is InChI=1S/C13H18F3NS/c1-2-18-9-3-8-17-10-11-4-6-12(7-5-11)13(14,15)16/h4-7,17H,2-3,8-10H2,1H3. The van der Waals surface area contributed by atoms with Crippen LogP contribution in [0.5, 0.6) is 0 Å². The molecule has 5 heteroatoms. The van der Waals surface area contributed by atoms with Gasteiger partial charge in [0, 0.05) is 6.54 Å². The minimum absolute atomic E-state index is 0.592. The van der Waals surface area contributed by atoms with Crippen molar-refractivity contribution in [3.63, 3.8) is 0 Å². The molecule has 0 bridgehead atoms. The highest BCUT2D eigenvalue weighted by molar-refractivity contribution is 7.99. The van der Waals surface area contributed by atoms with Crippen LogP contribution in [0.15, 0.2) is 24.3 Å². The Kier molecular flexibility index (Phi) is 6.57. The Labute approximate surface area is 110 Å². The molecule has 1 rings (SSSR count). The Morgan fingerprint density at radius 2 is 1.83 bits per heavy atom. The van der Waals surface area contributed by atoms with Gasteiger partial charge in [0.2, 0.25) is 0 Å². The minimum atomic E-state index is -4.25. The quantitative estimate of drug-likeness (QED) is 0.758. The molecule has 0 fully saturated rings. The number of hydrogen-bond donors (Lipinski definition) is 1. The third-order valence-corrected chi connectivity index (χ3v) is 3.44. The van der Waals surface area contributed by atoms with Crippen molar-refractivity contribution in [3.05, 3.63) is 35.4 Å². The first-order chi connectivity index (χ1) is 8.54. The van der Waals surface area contributed by atoms with Crippen LogP contribution in [-0.4, -0.2) is 18.1 Å². The number of hydrogen-bond acceptors (Lipinski definition) is 2. The average Bonchev–Trinajstić information content (AvgIpc) is 2.33. The molecule has 0 amide bonds. The Balaban J connectivity index is 2.27. The van der Waals surface area contributed by atoms with E-state index in [1.807, 2.05) is 11.8 Å². The number of thioether (sulfide) groups is 1. The van der Waals surface area contributed by atoms with Crippen molar-refractivity contribution in [1.29, 1.82) is 0 Å². The van der Waals surface area contributed by atoms with E-state index in [9.17, 15) is 13.2 Å². The van der Waals surface area contributed by atoms with Crippen molar-refractivity contribution in [2.75, 3.05) is 18.1 Å². The highest BCUT2D eigenvalue weighted by Gasteiger charge is 2.29. The van der Waals surface area contributed by atoms with Crippen LogP contribution in [0.3, 0.4) is 0 Å². The summed E-state index contributed by atoms with van der Waals surface area (Å²) in [5, 5.41) is 3.22. The Hall–Kier alpha value is -0.680. The first-order valence-corrected chi connectivity index (χ1v) is 7.14. The maximum absolute atomic E-state index is 12.3. The van der Waals surface area contributed by atoms with Crippen molar-refractivity contribution < 1.29 is 13.2 Å². The SMILES string of the molecule is CCSCCCNCc1ccc(C(F)(F)F)cc1. The van der Waals surface area contributed by atoms with Gasteiger partial charge in [-0.1, -0.05) is 19.1 Å². The number of halogens is 3. The van der Waals surface area contributed by atoms with Gasteiger partial charge < -0.3 is 5.32 Å². The van der Waals surface area contributed by atoms with Gasteiger partial charge in [0.05, 0.1) is 5.56 Å². The molecule has 102 valence electrons. The van der Waals surface area contributed by atoms with Gasteiger partial charge in [0.1, 0.15) is 0 Å². The molecule has 0 aliphatic heterocycles. The van der Waals surface area contributed by atoms with E-state index in [-0.39, 0.29) is 0 Å². The van der Waals surface area contributed by atoms with Crippen molar-refractivity contribution in [2.24, 2.45) is 0 Å². The number of alkyl halides is 3. The number of rotatable bonds is 7. The Bertz CT molecular complexity index is 335. The molecule has 0 atom stereocenters. The van der Waals surface area contributed by atoms with Gasteiger partial charge in [-0.05, 0) is 42.2 Å². The molecule has 1 aromatic rings. The van der Waals surface area contributed by atoms with Crippen molar-refractivity contribution in [2.45, 2.75) is 26.1 Å². The zero-order valence-corrected chi connectivity index (χ0v) is 11.2. The first kappa shape index (κ1) is 15.4. The molecule has 0 aliphatic carbocycles. The summed E-state index contributed by atoms with van der Waals surface area (Å²) in [6.45, 7) is 3.64. The molecule has 0 saturated carbocycles. The number of benzene rings is 1. The fourth-order valence-electron chi connectivity index (χ4n) is 1.49. The van der Waals surface area contributed by atoms with Gasteiger partial charge in [-0.25, -0.2) is 0 Å². The molecule has 0 aliphatic rings. The van der Waals surface area contributed by atoms with Crippen LogP contribution in [0.4, 0.5) is 13.2 Å². The van der Waals surface area contributed by atoms with Crippen LogP contribution in [0, 0.1) is 0 Å². The molecular formula is C13H18F3NS. The Morgan fingerprint density at radius 1 is 1.17 bits per heavy atom. The van der Waals surface area contributed by atoms with Crippen LogP contribution >= 0.6 is 11.8 Å². The van der Waals surface area contributed by atoms with E-state index in [4.69, 9.17) is 0 Å². The Morgan fingerprint density at radius 3 is 2.39 bits per heavy atom. The maximum Gasteiger partial charge on any atom is 0.416 e. The molecular weight excluding hydrogens is 259 g/mol. The van der Waals surface area contributed by atoms with Gasteiger partial charge >= 0.3 is 6.18 Å². The van der Waals surface area contributed by atoms with Crippen molar-refractivity contribution in [1.82, 2.24) is 5.32 Å². The summed E-state index contributed by atoms with van der Waals surface area (Å²) in [6, 6.07) is 5.31. The third-order valence-electron chi connectivity index (χ3n) is 2.46. The molecule has 1 aromatic carbocycles. The highest BCUT2D eigenvalue weighted by Crippen LogP contribution is 2.28. The molecule has 18 heavy (non-hydrogen) atoms. The monoisotopic (exact) mass is 277 g/mol. The van der Waals surface area contributed by atoms with Crippen LogP contribution < -0.4 is 5.32 Å². The second kappa shape index (κ2) is 7.69. The van der Waals surface area contributed by atoms with E-state index >= 15 is 0 Å². The summed E-state index contributed by atoms with van der Waals surface area (Å²) in [5.74, 6) is 2.25. The molecule has 0 heterocycles. The lowest BCUT2D eigenvalue weighted by atomic mass is 10.1. The van der Waals surface area contributed by atoms with Gasteiger partial charge in [-0.3, -0.25) is 0 Å².